The topological polar surface area (TPSA) is 59.9 Å². The minimum atomic E-state index is 0.0229. The molecule has 26 heavy (non-hydrogen) atoms. The lowest BCUT2D eigenvalue weighted by Gasteiger charge is -2.48. The van der Waals surface area contributed by atoms with Crippen molar-refractivity contribution in [3.63, 3.8) is 0 Å². The Morgan fingerprint density at radius 3 is 2.81 bits per heavy atom. The van der Waals surface area contributed by atoms with Crippen molar-refractivity contribution in [2.45, 2.75) is 71.2 Å². The maximum absolute atomic E-state index is 12.6. The molecule has 5 heteroatoms. The van der Waals surface area contributed by atoms with Gasteiger partial charge in [0.15, 0.2) is 0 Å². The van der Waals surface area contributed by atoms with Gasteiger partial charge in [-0.3, -0.25) is 4.79 Å². The highest BCUT2D eigenvalue weighted by molar-refractivity contribution is 5.76. The molecule has 2 aliphatic carbocycles. The number of hydrogen-bond acceptors (Lipinski definition) is 3. The minimum absolute atomic E-state index is 0.0229. The number of esters is 1. The number of fused-ring (bicyclic) bond motifs is 2. The van der Waals surface area contributed by atoms with Crippen molar-refractivity contribution in [2.75, 3.05) is 32.7 Å². The summed E-state index contributed by atoms with van der Waals surface area (Å²) < 4.78 is 12.4. The van der Waals surface area contributed by atoms with Crippen LogP contribution in [0.25, 0.3) is 0 Å². The standard InChI is InChI=1S/C21H36N2O3/c1-5-23(6-2)11-10-22-13-15-17-16(25-19(15)24)12-20(4)9-7-8-14(3)21(20)18(17)26-21/h14-18,22H,5-13H2,1-4H3/p+2/t14-,15+,16+,17-,18+,20+,21+/m1/s1. The van der Waals surface area contributed by atoms with Gasteiger partial charge in [-0.2, -0.15) is 0 Å². The first kappa shape index (κ1) is 18.7. The largest absolute Gasteiger partial charge is 0.462 e. The lowest BCUT2D eigenvalue weighted by Crippen LogP contribution is -3.14. The highest BCUT2D eigenvalue weighted by Crippen LogP contribution is 2.70. The van der Waals surface area contributed by atoms with Crippen molar-refractivity contribution in [1.82, 2.24) is 0 Å². The molecule has 0 aromatic heterocycles. The highest BCUT2D eigenvalue weighted by atomic mass is 16.6. The lowest BCUT2D eigenvalue weighted by atomic mass is 9.53. The maximum Gasteiger partial charge on any atom is 0.315 e. The molecule has 4 aliphatic rings. The fourth-order valence-corrected chi connectivity index (χ4v) is 6.71. The number of rotatable bonds is 7. The second-order valence-electron chi connectivity index (χ2n) is 9.57. The number of epoxide rings is 1. The quantitative estimate of drug-likeness (QED) is 0.379. The van der Waals surface area contributed by atoms with Crippen LogP contribution in [0, 0.1) is 23.2 Å². The van der Waals surface area contributed by atoms with E-state index in [4.69, 9.17) is 9.47 Å². The molecule has 2 aliphatic heterocycles. The molecule has 4 rings (SSSR count). The number of carbonyl (C=O) groups is 1. The van der Waals surface area contributed by atoms with Gasteiger partial charge in [0.2, 0.25) is 0 Å². The number of carbonyl (C=O) groups excluding carboxylic acids is 1. The van der Waals surface area contributed by atoms with Crippen LogP contribution in [0.2, 0.25) is 0 Å². The molecule has 4 fully saturated rings. The summed E-state index contributed by atoms with van der Waals surface area (Å²) in [5.74, 6) is 0.953. The van der Waals surface area contributed by atoms with Crippen molar-refractivity contribution in [3.05, 3.63) is 0 Å². The van der Waals surface area contributed by atoms with E-state index in [1.54, 1.807) is 4.90 Å². The number of nitrogens with two attached hydrogens (primary N) is 1. The fourth-order valence-electron chi connectivity index (χ4n) is 6.71. The predicted octanol–water partition coefficient (Wildman–Crippen LogP) is -0.0001000. The summed E-state index contributed by atoms with van der Waals surface area (Å²) in [6.07, 6.45) is 5.11. The van der Waals surface area contributed by atoms with E-state index < -0.39 is 0 Å². The van der Waals surface area contributed by atoms with Crippen molar-refractivity contribution in [1.29, 1.82) is 0 Å². The summed E-state index contributed by atoms with van der Waals surface area (Å²) in [6, 6.07) is 0. The van der Waals surface area contributed by atoms with Crippen LogP contribution in [0.5, 0.6) is 0 Å². The Labute approximate surface area is 158 Å². The van der Waals surface area contributed by atoms with Crippen molar-refractivity contribution in [3.8, 4) is 0 Å². The monoisotopic (exact) mass is 366 g/mol. The molecule has 5 nitrogen and oxygen atoms in total. The molecule has 0 aromatic rings. The van der Waals surface area contributed by atoms with Crippen LogP contribution in [0.15, 0.2) is 0 Å². The van der Waals surface area contributed by atoms with E-state index >= 15 is 0 Å². The van der Waals surface area contributed by atoms with Gasteiger partial charge in [0.1, 0.15) is 30.7 Å². The zero-order valence-corrected chi connectivity index (χ0v) is 17.1. The smallest absolute Gasteiger partial charge is 0.315 e. The van der Waals surface area contributed by atoms with Crippen molar-refractivity contribution >= 4 is 5.97 Å². The molecular formula is C21H38N2O3+2. The van der Waals surface area contributed by atoms with E-state index in [9.17, 15) is 4.79 Å². The average molecular weight is 367 g/mol. The third-order valence-corrected chi connectivity index (χ3v) is 8.32. The van der Waals surface area contributed by atoms with Gasteiger partial charge in [0, 0.05) is 11.3 Å². The number of likely N-dealkylation sites (N-methyl/N-ethyl adjacent to an activating group) is 1. The first-order valence-corrected chi connectivity index (χ1v) is 11.0. The van der Waals surface area contributed by atoms with E-state index in [0.29, 0.717) is 5.92 Å². The normalized spacial score (nSPS) is 46.5. The van der Waals surface area contributed by atoms with Gasteiger partial charge in [-0.25, -0.2) is 0 Å². The van der Waals surface area contributed by atoms with Crippen LogP contribution in [-0.2, 0) is 14.3 Å². The molecule has 1 spiro atoms. The molecule has 148 valence electrons. The summed E-state index contributed by atoms with van der Waals surface area (Å²) in [4.78, 5) is 14.3. The molecule has 0 amide bonds. The highest BCUT2D eigenvalue weighted by Gasteiger charge is 2.78. The lowest BCUT2D eigenvalue weighted by molar-refractivity contribution is -0.909. The number of nitrogens with one attached hydrogen (secondary N) is 1. The Kier molecular flexibility index (Phi) is 4.85. The molecule has 0 radical (unpaired) electrons. The summed E-state index contributed by atoms with van der Waals surface area (Å²) in [5, 5.41) is 2.34. The predicted molar refractivity (Wildman–Crippen MR) is 98.8 cm³/mol. The molecule has 3 N–H and O–H groups in total. The molecule has 0 aromatic carbocycles. The van der Waals surface area contributed by atoms with E-state index in [2.05, 4.69) is 33.0 Å². The maximum atomic E-state index is 12.6. The Hall–Kier alpha value is -0.650. The van der Waals surface area contributed by atoms with Crippen LogP contribution < -0.4 is 10.2 Å². The minimum Gasteiger partial charge on any atom is -0.462 e. The summed E-state index contributed by atoms with van der Waals surface area (Å²) in [6.45, 7) is 14.7. The number of hydrogen-bond donors (Lipinski definition) is 2. The van der Waals surface area contributed by atoms with Crippen LogP contribution in [-0.4, -0.2) is 56.5 Å². The van der Waals surface area contributed by atoms with Crippen LogP contribution in [0.1, 0.15) is 53.4 Å². The van der Waals surface area contributed by atoms with Gasteiger partial charge < -0.3 is 19.7 Å². The van der Waals surface area contributed by atoms with Gasteiger partial charge in [-0.05, 0) is 39.0 Å². The number of quaternary nitrogens is 2. The second kappa shape index (κ2) is 6.75. The van der Waals surface area contributed by atoms with Crippen LogP contribution in [0.4, 0.5) is 0 Å². The molecule has 0 bridgehead atoms. The first-order valence-electron chi connectivity index (χ1n) is 11.0. The molecule has 2 heterocycles. The molecule has 0 unspecified atom stereocenters. The zero-order valence-electron chi connectivity index (χ0n) is 17.1. The van der Waals surface area contributed by atoms with E-state index in [1.165, 1.54) is 38.9 Å². The third kappa shape index (κ3) is 2.65. The SMILES string of the molecule is CC[NH+](CC)CC[NH2+]C[C@@H]1C(=O)O[C@H]2C[C@]3(C)CCC[C@@H](C)[C@@]34O[C@H]4[C@@H]21. The summed E-state index contributed by atoms with van der Waals surface area (Å²) >= 11 is 0. The van der Waals surface area contributed by atoms with Gasteiger partial charge in [0.05, 0.1) is 25.7 Å². The van der Waals surface area contributed by atoms with Crippen LogP contribution >= 0.6 is 0 Å². The summed E-state index contributed by atoms with van der Waals surface area (Å²) in [5.41, 5.74) is 0.228. The van der Waals surface area contributed by atoms with Gasteiger partial charge in [-0.15, -0.1) is 0 Å². The second-order valence-corrected chi connectivity index (χ2v) is 9.57. The Morgan fingerprint density at radius 2 is 2.08 bits per heavy atom. The van der Waals surface area contributed by atoms with Crippen LogP contribution in [0.3, 0.4) is 0 Å². The molecular weight excluding hydrogens is 328 g/mol. The molecule has 7 atom stereocenters. The molecule has 2 saturated heterocycles. The van der Waals surface area contributed by atoms with Gasteiger partial charge >= 0.3 is 5.97 Å². The van der Waals surface area contributed by atoms with E-state index in [1.807, 2.05) is 0 Å². The fraction of sp³-hybridized carbons (Fsp3) is 0.952. The zero-order chi connectivity index (χ0) is 18.5. The van der Waals surface area contributed by atoms with Gasteiger partial charge in [-0.1, -0.05) is 20.3 Å². The first-order chi connectivity index (χ1) is 12.5. The Morgan fingerprint density at radius 1 is 1.31 bits per heavy atom. The third-order valence-electron chi connectivity index (χ3n) is 8.32. The van der Waals surface area contributed by atoms with E-state index in [-0.39, 0.29) is 41.0 Å². The van der Waals surface area contributed by atoms with Crippen molar-refractivity contribution < 1.29 is 24.5 Å². The number of ether oxygens (including phenoxy) is 2. The van der Waals surface area contributed by atoms with E-state index in [0.717, 1.165) is 19.5 Å². The summed E-state index contributed by atoms with van der Waals surface area (Å²) in [7, 11) is 0. The van der Waals surface area contributed by atoms with Crippen molar-refractivity contribution in [2.24, 2.45) is 23.2 Å². The Bertz CT molecular complexity index is 551. The Balaban J connectivity index is 1.41. The molecule has 2 saturated carbocycles. The van der Waals surface area contributed by atoms with Gasteiger partial charge in [0.25, 0.3) is 0 Å². The average Bonchev–Trinajstić information content (AvgIpc) is 3.29.